The molecule has 2 aromatic carbocycles. The van der Waals surface area contributed by atoms with E-state index in [2.05, 4.69) is 0 Å². The highest BCUT2D eigenvalue weighted by Gasteiger charge is 2.23. The molecule has 0 fully saturated rings. The maximum Gasteiger partial charge on any atom is 0.260 e. The first-order valence-corrected chi connectivity index (χ1v) is 7.20. The Morgan fingerprint density at radius 1 is 1.10 bits per heavy atom. The summed E-state index contributed by atoms with van der Waals surface area (Å²) in [5.41, 5.74) is 0.819. The highest BCUT2D eigenvalue weighted by molar-refractivity contribution is 6.37. The van der Waals surface area contributed by atoms with Gasteiger partial charge in [-0.05, 0) is 38.1 Å². The van der Waals surface area contributed by atoms with Crippen LogP contribution in [0.4, 0.5) is 10.1 Å². The lowest BCUT2D eigenvalue weighted by Gasteiger charge is -2.27. The predicted octanol–water partition coefficient (Wildman–Crippen LogP) is 5.19. The number of halogens is 3. The van der Waals surface area contributed by atoms with Crippen molar-refractivity contribution in [1.29, 1.82) is 0 Å². The molecule has 0 saturated heterocycles. The number of nitrogens with zero attached hydrogens (tertiary/aromatic N) is 1. The van der Waals surface area contributed by atoms with E-state index in [9.17, 15) is 9.18 Å². The lowest BCUT2D eigenvalue weighted by Crippen LogP contribution is -2.37. The Balaban J connectivity index is 2.48. The lowest BCUT2D eigenvalue weighted by atomic mass is 10.1. The van der Waals surface area contributed by atoms with Crippen molar-refractivity contribution in [2.75, 3.05) is 4.90 Å². The second-order valence-electron chi connectivity index (χ2n) is 4.85. The van der Waals surface area contributed by atoms with Crippen molar-refractivity contribution in [2.45, 2.75) is 19.9 Å². The van der Waals surface area contributed by atoms with Crippen LogP contribution in [0.15, 0.2) is 42.5 Å². The number of rotatable bonds is 3. The second-order valence-corrected chi connectivity index (χ2v) is 5.67. The zero-order valence-corrected chi connectivity index (χ0v) is 13.1. The zero-order valence-electron chi connectivity index (χ0n) is 11.6. The number of carbonyl (C=O) groups excluding carboxylic acids is 1. The monoisotopic (exact) mass is 325 g/mol. The highest BCUT2D eigenvalue weighted by Crippen LogP contribution is 2.28. The number of amides is 1. The molecule has 0 unspecified atom stereocenters. The molecule has 110 valence electrons. The summed E-state index contributed by atoms with van der Waals surface area (Å²) in [7, 11) is 0. The van der Waals surface area contributed by atoms with Crippen LogP contribution in [0.5, 0.6) is 0 Å². The largest absolute Gasteiger partial charge is 0.306 e. The first-order valence-electron chi connectivity index (χ1n) is 6.45. The van der Waals surface area contributed by atoms with Gasteiger partial charge in [-0.15, -0.1) is 0 Å². The molecule has 0 spiro atoms. The minimum absolute atomic E-state index is 0.0936. The van der Waals surface area contributed by atoms with E-state index >= 15 is 0 Å². The van der Waals surface area contributed by atoms with Gasteiger partial charge in [-0.25, -0.2) is 4.39 Å². The van der Waals surface area contributed by atoms with Gasteiger partial charge in [0.2, 0.25) is 0 Å². The lowest BCUT2D eigenvalue weighted by molar-refractivity contribution is 0.0980. The molecule has 0 aromatic heterocycles. The van der Waals surface area contributed by atoms with Crippen LogP contribution in [-0.4, -0.2) is 11.9 Å². The maximum absolute atomic E-state index is 13.6. The summed E-state index contributed by atoms with van der Waals surface area (Å²) in [4.78, 5) is 14.3. The van der Waals surface area contributed by atoms with Gasteiger partial charge in [-0.3, -0.25) is 4.79 Å². The molecule has 0 N–H and O–H groups in total. The van der Waals surface area contributed by atoms with E-state index in [1.54, 1.807) is 4.90 Å². The Morgan fingerprint density at radius 3 is 2.29 bits per heavy atom. The van der Waals surface area contributed by atoms with Gasteiger partial charge in [-0.1, -0.05) is 41.4 Å². The van der Waals surface area contributed by atoms with Crippen molar-refractivity contribution < 1.29 is 9.18 Å². The zero-order chi connectivity index (χ0) is 15.6. The minimum atomic E-state index is -0.666. The first kappa shape index (κ1) is 15.8. The van der Waals surface area contributed by atoms with E-state index in [-0.39, 0.29) is 27.6 Å². The predicted molar refractivity (Wildman–Crippen MR) is 84.8 cm³/mol. The summed E-state index contributed by atoms with van der Waals surface area (Å²) in [6.07, 6.45) is 0. The number of hydrogen-bond acceptors (Lipinski definition) is 1. The van der Waals surface area contributed by atoms with E-state index in [4.69, 9.17) is 23.2 Å². The smallest absolute Gasteiger partial charge is 0.260 e. The van der Waals surface area contributed by atoms with E-state index in [0.717, 1.165) is 11.8 Å². The molecule has 2 rings (SSSR count). The summed E-state index contributed by atoms with van der Waals surface area (Å²) < 4.78 is 13.6. The van der Waals surface area contributed by atoms with Gasteiger partial charge in [-0.2, -0.15) is 0 Å². The van der Waals surface area contributed by atoms with Crippen molar-refractivity contribution >= 4 is 34.8 Å². The first-order chi connectivity index (χ1) is 9.91. The molecule has 0 heterocycles. The summed E-state index contributed by atoms with van der Waals surface area (Å²) >= 11 is 11.7. The quantitative estimate of drug-likeness (QED) is 0.711. The molecule has 0 atom stereocenters. The van der Waals surface area contributed by atoms with Crippen LogP contribution in [0, 0.1) is 5.82 Å². The third kappa shape index (κ3) is 3.36. The molecule has 0 aliphatic rings. The Labute approximate surface area is 133 Å². The highest BCUT2D eigenvalue weighted by atomic mass is 35.5. The standard InChI is InChI=1S/C16H14Cl2FNO/c1-10(2)20(11-6-4-3-5-7-11)16(21)12-8-15(19)14(18)9-13(12)17/h3-10H,1-2H3. The van der Waals surface area contributed by atoms with Gasteiger partial charge in [0, 0.05) is 11.7 Å². The normalized spacial score (nSPS) is 10.8. The number of anilines is 1. The van der Waals surface area contributed by atoms with Crippen LogP contribution < -0.4 is 4.90 Å². The van der Waals surface area contributed by atoms with Gasteiger partial charge < -0.3 is 4.90 Å². The van der Waals surface area contributed by atoms with Crippen LogP contribution in [0.2, 0.25) is 10.0 Å². The van der Waals surface area contributed by atoms with E-state index in [1.807, 2.05) is 44.2 Å². The molecule has 0 aliphatic heterocycles. The number of carbonyl (C=O) groups is 1. The fourth-order valence-corrected chi connectivity index (χ4v) is 2.52. The second kappa shape index (κ2) is 6.46. The number of hydrogen-bond donors (Lipinski definition) is 0. The van der Waals surface area contributed by atoms with Gasteiger partial charge in [0.15, 0.2) is 0 Å². The number of benzene rings is 2. The fourth-order valence-electron chi connectivity index (χ4n) is 2.05. The molecule has 5 heteroatoms. The SMILES string of the molecule is CC(C)N(C(=O)c1cc(F)c(Cl)cc1Cl)c1ccccc1. The van der Waals surface area contributed by atoms with Crippen molar-refractivity contribution in [2.24, 2.45) is 0 Å². The molecular formula is C16H14Cl2FNO. The topological polar surface area (TPSA) is 20.3 Å². The average molecular weight is 326 g/mol. The Bertz CT molecular complexity index is 659. The van der Waals surface area contributed by atoms with Crippen LogP contribution >= 0.6 is 23.2 Å². The molecular weight excluding hydrogens is 312 g/mol. The number of para-hydroxylation sites is 1. The van der Waals surface area contributed by atoms with Crippen LogP contribution in [0.1, 0.15) is 24.2 Å². The summed E-state index contributed by atoms with van der Waals surface area (Å²) in [6.45, 7) is 3.76. The van der Waals surface area contributed by atoms with E-state index < -0.39 is 5.82 Å². The summed E-state index contributed by atoms with van der Waals surface area (Å²) in [5, 5.41) is 0.0281. The minimum Gasteiger partial charge on any atom is -0.306 e. The van der Waals surface area contributed by atoms with Crippen molar-refractivity contribution in [3.8, 4) is 0 Å². The Morgan fingerprint density at radius 2 is 1.71 bits per heavy atom. The van der Waals surface area contributed by atoms with Crippen LogP contribution in [0.3, 0.4) is 0 Å². The van der Waals surface area contributed by atoms with Gasteiger partial charge in [0.1, 0.15) is 5.82 Å². The fraction of sp³-hybridized carbons (Fsp3) is 0.188. The third-order valence-corrected chi connectivity index (χ3v) is 3.61. The molecule has 2 nitrogen and oxygen atoms in total. The molecule has 21 heavy (non-hydrogen) atoms. The molecule has 0 bridgehead atoms. The molecule has 0 radical (unpaired) electrons. The molecule has 1 amide bonds. The van der Waals surface area contributed by atoms with Crippen molar-refractivity contribution in [3.63, 3.8) is 0 Å². The van der Waals surface area contributed by atoms with Gasteiger partial charge in [0.05, 0.1) is 15.6 Å². The molecule has 0 saturated carbocycles. The Kier molecular flexibility index (Phi) is 4.86. The van der Waals surface area contributed by atoms with Crippen molar-refractivity contribution in [3.05, 3.63) is 63.9 Å². The maximum atomic E-state index is 13.6. The third-order valence-electron chi connectivity index (χ3n) is 3.01. The Hall–Kier alpha value is -1.58. The van der Waals surface area contributed by atoms with Crippen molar-refractivity contribution in [1.82, 2.24) is 0 Å². The average Bonchev–Trinajstić information content (AvgIpc) is 2.43. The summed E-state index contributed by atoms with van der Waals surface area (Å²) in [6, 6.07) is 11.4. The molecule has 0 aliphatic carbocycles. The van der Waals surface area contributed by atoms with Gasteiger partial charge in [0.25, 0.3) is 5.91 Å². The van der Waals surface area contributed by atoms with E-state index in [0.29, 0.717) is 0 Å². The van der Waals surface area contributed by atoms with Crippen LogP contribution in [0.25, 0.3) is 0 Å². The van der Waals surface area contributed by atoms with Gasteiger partial charge >= 0.3 is 0 Å². The van der Waals surface area contributed by atoms with E-state index in [1.165, 1.54) is 6.07 Å². The molecule has 2 aromatic rings. The van der Waals surface area contributed by atoms with Crippen LogP contribution in [-0.2, 0) is 0 Å². The summed E-state index contributed by atoms with van der Waals surface area (Å²) in [5.74, 6) is -1.03.